The molecule has 0 saturated heterocycles. The zero-order chi connectivity index (χ0) is 18.5. The Morgan fingerprint density at radius 2 is 1.73 bits per heavy atom. The maximum Gasteiger partial charge on any atom is 0.247 e. The molecule has 1 aliphatic rings. The fraction of sp³-hybridized carbons (Fsp3) is 0.300. The predicted octanol–water partition coefficient (Wildman–Crippen LogP) is 3.47. The van der Waals surface area contributed by atoms with Crippen LogP contribution in [0.3, 0.4) is 0 Å². The van der Waals surface area contributed by atoms with Crippen LogP contribution in [0.5, 0.6) is 5.75 Å². The van der Waals surface area contributed by atoms with E-state index in [4.69, 9.17) is 4.74 Å². The van der Waals surface area contributed by atoms with Gasteiger partial charge < -0.3 is 9.30 Å². The van der Waals surface area contributed by atoms with Gasteiger partial charge >= 0.3 is 0 Å². The number of hydrogen-bond donors (Lipinski definition) is 0. The summed E-state index contributed by atoms with van der Waals surface area (Å²) in [6, 6.07) is 13.7. The molecule has 0 atom stereocenters. The van der Waals surface area contributed by atoms with Gasteiger partial charge in [0.1, 0.15) is 10.6 Å². The Bertz CT molecular complexity index is 1100. The van der Waals surface area contributed by atoms with Crippen LogP contribution in [0, 0.1) is 13.8 Å². The van der Waals surface area contributed by atoms with E-state index < -0.39 is 10.0 Å². The molecular weight excluding hydrogens is 348 g/mol. The minimum atomic E-state index is -3.63. The van der Waals surface area contributed by atoms with E-state index in [0.29, 0.717) is 25.4 Å². The van der Waals surface area contributed by atoms with Gasteiger partial charge in [-0.05, 0) is 54.6 Å². The highest BCUT2D eigenvalue weighted by Gasteiger charge is 2.31. The predicted molar refractivity (Wildman–Crippen MR) is 102 cm³/mol. The number of hydrogen-bond acceptors (Lipinski definition) is 3. The second-order valence-electron chi connectivity index (χ2n) is 6.77. The number of ether oxygens (including phenoxy) is 1. The molecule has 136 valence electrons. The van der Waals surface area contributed by atoms with Gasteiger partial charge in [0.05, 0.1) is 13.7 Å². The lowest BCUT2D eigenvalue weighted by molar-refractivity contribution is 0.341. The summed E-state index contributed by atoms with van der Waals surface area (Å²) in [6.45, 7) is 5.34. The van der Waals surface area contributed by atoms with E-state index in [2.05, 4.69) is 22.8 Å². The van der Waals surface area contributed by atoms with Gasteiger partial charge in [-0.25, -0.2) is 8.42 Å². The Labute approximate surface area is 153 Å². The molecule has 26 heavy (non-hydrogen) atoms. The van der Waals surface area contributed by atoms with Crippen molar-refractivity contribution in [2.24, 2.45) is 0 Å². The van der Waals surface area contributed by atoms with Crippen LogP contribution >= 0.6 is 0 Å². The van der Waals surface area contributed by atoms with E-state index in [1.807, 2.05) is 26.0 Å². The van der Waals surface area contributed by atoms with Crippen molar-refractivity contribution in [1.29, 1.82) is 0 Å². The maximum atomic E-state index is 13.3. The van der Waals surface area contributed by atoms with Crippen molar-refractivity contribution in [2.75, 3.05) is 13.7 Å². The molecule has 0 amide bonds. The molecule has 3 aromatic rings. The molecule has 1 aliphatic heterocycles. The lowest BCUT2D eigenvalue weighted by atomic mass is 10.1. The second-order valence-corrected chi connectivity index (χ2v) is 8.68. The molecule has 4 rings (SSSR count). The van der Waals surface area contributed by atoms with Gasteiger partial charge in [0, 0.05) is 24.3 Å². The smallest absolute Gasteiger partial charge is 0.247 e. The number of rotatable bonds is 3. The van der Waals surface area contributed by atoms with Crippen molar-refractivity contribution in [1.82, 2.24) is 8.87 Å². The first-order valence-corrected chi connectivity index (χ1v) is 10.1. The van der Waals surface area contributed by atoms with Crippen LogP contribution < -0.4 is 4.74 Å². The molecule has 0 radical (unpaired) electrons. The van der Waals surface area contributed by atoms with Crippen molar-refractivity contribution in [3.05, 3.63) is 59.3 Å². The fourth-order valence-corrected chi connectivity index (χ4v) is 5.23. The van der Waals surface area contributed by atoms with Crippen LogP contribution in [0.15, 0.2) is 47.4 Å². The number of nitrogens with zero attached hydrogens (tertiary/aromatic N) is 2. The van der Waals surface area contributed by atoms with Crippen molar-refractivity contribution < 1.29 is 13.2 Å². The van der Waals surface area contributed by atoms with Crippen molar-refractivity contribution in [2.45, 2.75) is 31.8 Å². The van der Waals surface area contributed by atoms with Crippen LogP contribution in [-0.2, 0) is 23.1 Å². The molecule has 1 aromatic heterocycles. The monoisotopic (exact) mass is 370 g/mol. The summed E-state index contributed by atoms with van der Waals surface area (Å²) in [4.78, 5) is 0.243. The normalized spacial score (nSPS) is 15.2. The Morgan fingerprint density at radius 1 is 1.00 bits per heavy atom. The average molecular weight is 370 g/mol. The molecular formula is C20H22N2O3S. The molecule has 2 aromatic carbocycles. The van der Waals surface area contributed by atoms with Gasteiger partial charge in [0.15, 0.2) is 0 Å². The first kappa shape index (κ1) is 17.1. The molecule has 0 bridgehead atoms. The summed E-state index contributed by atoms with van der Waals surface area (Å²) in [5, 5.41) is 1.14. The van der Waals surface area contributed by atoms with E-state index >= 15 is 0 Å². The number of benzene rings is 2. The third-order valence-corrected chi connectivity index (χ3v) is 7.07. The maximum absolute atomic E-state index is 13.3. The van der Waals surface area contributed by atoms with Gasteiger partial charge in [0.2, 0.25) is 10.0 Å². The standard InChI is InChI=1S/C20H22N2O3S/c1-14-10-19(25-3)20(11-15(14)2)26(23,24)21-8-9-22-17(13-21)12-16-6-4-5-7-18(16)22/h4-7,10-12H,8-9,13H2,1-3H3. The van der Waals surface area contributed by atoms with E-state index in [9.17, 15) is 8.42 Å². The number of methoxy groups -OCH3 is 1. The van der Waals surface area contributed by atoms with E-state index in [1.54, 1.807) is 16.4 Å². The molecule has 0 unspecified atom stereocenters. The minimum Gasteiger partial charge on any atom is -0.495 e. The highest BCUT2D eigenvalue weighted by Crippen LogP contribution is 2.32. The molecule has 5 nitrogen and oxygen atoms in total. The minimum absolute atomic E-state index is 0.243. The zero-order valence-corrected chi connectivity index (χ0v) is 16.0. The van der Waals surface area contributed by atoms with Crippen molar-refractivity contribution in [3.8, 4) is 5.75 Å². The molecule has 2 heterocycles. The quantitative estimate of drug-likeness (QED) is 0.709. The van der Waals surface area contributed by atoms with E-state index in [1.165, 1.54) is 7.11 Å². The van der Waals surface area contributed by atoms with E-state index in [-0.39, 0.29) is 4.90 Å². The summed E-state index contributed by atoms with van der Waals surface area (Å²) < 4.78 is 35.7. The molecule has 0 saturated carbocycles. The number of sulfonamides is 1. The lowest BCUT2D eigenvalue weighted by Crippen LogP contribution is -2.38. The van der Waals surface area contributed by atoms with Crippen LogP contribution in [0.2, 0.25) is 0 Å². The number of aromatic nitrogens is 1. The molecule has 6 heteroatoms. The summed E-state index contributed by atoms with van der Waals surface area (Å²) >= 11 is 0. The zero-order valence-electron chi connectivity index (χ0n) is 15.2. The second kappa shape index (κ2) is 6.14. The van der Waals surface area contributed by atoms with Crippen molar-refractivity contribution >= 4 is 20.9 Å². The Balaban J connectivity index is 1.75. The SMILES string of the molecule is COc1cc(C)c(C)cc1S(=O)(=O)N1CCn2c(cc3ccccc32)C1. The summed E-state index contributed by atoms with van der Waals surface area (Å²) in [5.74, 6) is 0.402. The molecule has 0 aliphatic carbocycles. The van der Waals surface area contributed by atoms with Gasteiger partial charge in [-0.2, -0.15) is 4.31 Å². The highest BCUT2D eigenvalue weighted by molar-refractivity contribution is 7.89. The molecule has 0 fully saturated rings. The van der Waals surface area contributed by atoms with Crippen LogP contribution in [0.4, 0.5) is 0 Å². The number of fused-ring (bicyclic) bond motifs is 3. The van der Waals surface area contributed by atoms with Crippen LogP contribution in [0.1, 0.15) is 16.8 Å². The topological polar surface area (TPSA) is 51.5 Å². The van der Waals surface area contributed by atoms with Gasteiger partial charge in [-0.3, -0.25) is 0 Å². The number of para-hydroxylation sites is 1. The van der Waals surface area contributed by atoms with Gasteiger partial charge in [-0.1, -0.05) is 18.2 Å². The highest BCUT2D eigenvalue weighted by atomic mass is 32.2. The lowest BCUT2D eigenvalue weighted by Gasteiger charge is -2.29. The first-order valence-electron chi connectivity index (χ1n) is 8.64. The molecule has 0 spiro atoms. The summed E-state index contributed by atoms with van der Waals surface area (Å²) in [6.07, 6.45) is 0. The van der Waals surface area contributed by atoms with Crippen LogP contribution in [-0.4, -0.2) is 30.9 Å². The summed E-state index contributed by atoms with van der Waals surface area (Å²) in [5.41, 5.74) is 4.13. The first-order chi connectivity index (χ1) is 12.4. The van der Waals surface area contributed by atoms with E-state index in [0.717, 1.165) is 27.7 Å². The largest absolute Gasteiger partial charge is 0.495 e. The Kier molecular flexibility index (Phi) is 4.04. The third-order valence-electron chi connectivity index (χ3n) is 5.21. The summed E-state index contributed by atoms with van der Waals surface area (Å²) in [7, 11) is -2.12. The molecule has 0 N–H and O–H groups in total. The van der Waals surface area contributed by atoms with Crippen molar-refractivity contribution in [3.63, 3.8) is 0 Å². The Hall–Kier alpha value is -2.31. The number of aryl methyl sites for hydroxylation is 2. The Morgan fingerprint density at radius 3 is 2.50 bits per heavy atom. The fourth-order valence-electron chi connectivity index (χ4n) is 3.60. The van der Waals surface area contributed by atoms with Gasteiger partial charge in [-0.15, -0.1) is 0 Å². The van der Waals surface area contributed by atoms with Crippen LogP contribution in [0.25, 0.3) is 10.9 Å². The average Bonchev–Trinajstić information content (AvgIpc) is 3.01. The third kappa shape index (κ3) is 2.61. The van der Waals surface area contributed by atoms with Gasteiger partial charge in [0.25, 0.3) is 0 Å².